The number of carbonyl (C=O) groups excluding carboxylic acids is 1. The van der Waals surface area contributed by atoms with Gasteiger partial charge in [-0.1, -0.05) is 41.6 Å². The summed E-state index contributed by atoms with van der Waals surface area (Å²) in [5.74, 6) is 1.13. The van der Waals surface area contributed by atoms with Crippen molar-refractivity contribution >= 4 is 40.6 Å². The van der Waals surface area contributed by atoms with Crippen LogP contribution in [0.1, 0.15) is 29.2 Å². The number of nitrogens with one attached hydrogen (secondary N) is 1. The van der Waals surface area contributed by atoms with Gasteiger partial charge in [-0.15, -0.1) is 21.5 Å². The van der Waals surface area contributed by atoms with Gasteiger partial charge in [0, 0.05) is 23.4 Å². The lowest BCUT2D eigenvalue weighted by Crippen LogP contribution is -2.28. The lowest BCUT2D eigenvalue weighted by atomic mass is 10.1. The topological polar surface area (TPSA) is 59.8 Å². The van der Waals surface area contributed by atoms with Crippen molar-refractivity contribution in [2.45, 2.75) is 24.5 Å². The van der Waals surface area contributed by atoms with Crippen molar-refractivity contribution in [3.05, 3.63) is 63.1 Å². The molecule has 0 bridgehead atoms. The molecule has 5 nitrogen and oxygen atoms in total. The van der Waals surface area contributed by atoms with Crippen LogP contribution in [-0.2, 0) is 18.3 Å². The molecule has 136 valence electrons. The van der Waals surface area contributed by atoms with Crippen LogP contribution in [0.5, 0.6) is 0 Å². The van der Waals surface area contributed by atoms with Crippen molar-refractivity contribution in [2.75, 3.05) is 5.75 Å². The Kier molecular flexibility index (Phi) is 6.34. The number of halogens is 1. The third-order valence-corrected chi connectivity index (χ3v) is 6.03. The molecule has 1 aromatic carbocycles. The van der Waals surface area contributed by atoms with Crippen LogP contribution in [0.3, 0.4) is 0 Å². The molecule has 0 radical (unpaired) electrons. The molecule has 0 unspecified atom stereocenters. The van der Waals surface area contributed by atoms with Crippen LogP contribution in [0, 0.1) is 0 Å². The molecule has 3 aromatic rings. The van der Waals surface area contributed by atoms with Gasteiger partial charge >= 0.3 is 0 Å². The highest BCUT2D eigenvalue weighted by molar-refractivity contribution is 7.99. The number of aromatic nitrogens is 3. The lowest BCUT2D eigenvalue weighted by molar-refractivity contribution is -0.119. The Bertz CT molecular complexity index is 879. The van der Waals surface area contributed by atoms with E-state index in [1.807, 2.05) is 54.3 Å². The van der Waals surface area contributed by atoms with Crippen LogP contribution in [0.25, 0.3) is 0 Å². The number of amides is 1. The molecule has 2 heterocycles. The SMILES string of the molecule is C[C@H](NC(=O)CSc1nnc(Cc2cccs2)n1C)c1cccc(Cl)c1. The molecule has 1 amide bonds. The molecule has 3 rings (SSSR count). The van der Waals surface area contributed by atoms with Crippen molar-refractivity contribution in [3.8, 4) is 0 Å². The van der Waals surface area contributed by atoms with E-state index in [9.17, 15) is 4.79 Å². The number of hydrogen-bond acceptors (Lipinski definition) is 5. The number of carbonyl (C=O) groups is 1. The van der Waals surface area contributed by atoms with Crippen LogP contribution in [0.15, 0.2) is 46.9 Å². The largest absolute Gasteiger partial charge is 0.349 e. The summed E-state index contributed by atoms with van der Waals surface area (Å²) in [5.41, 5.74) is 0.979. The van der Waals surface area contributed by atoms with Crippen molar-refractivity contribution < 1.29 is 4.79 Å². The van der Waals surface area contributed by atoms with Gasteiger partial charge in [-0.3, -0.25) is 4.79 Å². The molecular weight excluding hydrogens is 388 g/mol. The van der Waals surface area contributed by atoms with Crippen molar-refractivity contribution in [1.82, 2.24) is 20.1 Å². The van der Waals surface area contributed by atoms with E-state index in [1.54, 1.807) is 11.3 Å². The van der Waals surface area contributed by atoms with Crippen molar-refractivity contribution in [1.29, 1.82) is 0 Å². The fourth-order valence-electron chi connectivity index (χ4n) is 2.47. The first-order valence-electron chi connectivity index (χ1n) is 8.11. The molecule has 0 aliphatic heterocycles. The van der Waals surface area contributed by atoms with Crippen LogP contribution < -0.4 is 5.32 Å². The summed E-state index contributed by atoms with van der Waals surface area (Å²) in [7, 11) is 1.93. The number of nitrogens with zero attached hydrogens (tertiary/aromatic N) is 3. The third-order valence-electron chi connectivity index (χ3n) is 3.90. The monoisotopic (exact) mass is 406 g/mol. The second-order valence-corrected chi connectivity index (χ2v) is 8.26. The van der Waals surface area contributed by atoms with Gasteiger partial charge < -0.3 is 9.88 Å². The minimum Gasteiger partial charge on any atom is -0.349 e. The predicted molar refractivity (Wildman–Crippen MR) is 107 cm³/mol. The van der Waals surface area contributed by atoms with Crippen LogP contribution >= 0.6 is 34.7 Å². The van der Waals surface area contributed by atoms with E-state index in [0.29, 0.717) is 5.02 Å². The molecule has 0 saturated heterocycles. The molecule has 2 aromatic heterocycles. The first kappa shape index (κ1) is 18.9. The molecule has 26 heavy (non-hydrogen) atoms. The van der Waals surface area contributed by atoms with Gasteiger partial charge in [0.25, 0.3) is 0 Å². The summed E-state index contributed by atoms with van der Waals surface area (Å²) in [5, 5.41) is 14.9. The summed E-state index contributed by atoms with van der Waals surface area (Å²) >= 11 is 9.08. The van der Waals surface area contributed by atoms with Gasteiger partial charge in [0.05, 0.1) is 11.8 Å². The Balaban J connectivity index is 1.54. The van der Waals surface area contributed by atoms with E-state index in [4.69, 9.17) is 11.6 Å². The number of thiophene rings is 1. The number of rotatable bonds is 7. The molecule has 0 aliphatic carbocycles. The van der Waals surface area contributed by atoms with E-state index in [0.717, 1.165) is 23.0 Å². The molecule has 1 atom stereocenters. The van der Waals surface area contributed by atoms with E-state index < -0.39 is 0 Å². The summed E-state index contributed by atoms with van der Waals surface area (Å²) < 4.78 is 1.94. The van der Waals surface area contributed by atoms with Crippen LogP contribution in [-0.4, -0.2) is 26.4 Å². The van der Waals surface area contributed by atoms with Gasteiger partial charge in [0.2, 0.25) is 5.91 Å². The molecular formula is C18H19ClN4OS2. The van der Waals surface area contributed by atoms with Crippen LogP contribution in [0.4, 0.5) is 0 Å². The predicted octanol–water partition coefficient (Wildman–Crippen LogP) is 4.09. The Morgan fingerprint density at radius 2 is 2.19 bits per heavy atom. The first-order chi connectivity index (χ1) is 12.5. The molecule has 8 heteroatoms. The zero-order valence-electron chi connectivity index (χ0n) is 14.5. The van der Waals surface area contributed by atoms with Gasteiger partial charge in [-0.2, -0.15) is 0 Å². The molecule has 0 saturated carbocycles. The van der Waals surface area contributed by atoms with Gasteiger partial charge in [-0.05, 0) is 36.1 Å². The average Bonchev–Trinajstić information content (AvgIpc) is 3.24. The zero-order valence-corrected chi connectivity index (χ0v) is 16.9. The first-order valence-corrected chi connectivity index (χ1v) is 10.4. The minimum atomic E-state index is -0.101. The third kappa shape index (κ3) is 4.87. The van der Waals surface area contributed by atoms with E-state index in [2.05, 4.69) is 21.6 Å². The molecule has 0 aliphatic rings. The highest BCUT2D eigenvalue weighted by Gasteiger charge is 2.14. The summed E-state index contributed by atoms with van der Waals surface area (Å²) in [4.78, 5) is 13.5. The van der Waals surface area contributed by atoms with Crippen molar-refractivity contribution in [2.24, 2.45) is 7.05 Å². The normalized spacial score (nSPS) is 12.1. The van der Waals surface area contributed by atoms with Gasteiger partial charge in [0.15, 0.2) is 5.16 Å². The molecule has 0 fully saturated rings. The minimum absolute atomic E-state index is 0.0507. The number of benzene rings is 1. The summed E-state index contributed by atoms with van der Waals surface area (Å²) in [6.45, 7) is 1.94. The fourth-order valence-corrected chi connectivity index (χ4v) is 4.11. The lowest BCUT2D eigenvalue weighted by Gasteiger charge is -2.14. The average molecular weight is 407 g/mol. The highest BCUT2D eigenvalue weighted by atomic mass is 35.5. The van der Waals surface area contributed by atoms with E-state index >= 15 is 0 Å². The highest BCUT2D eigenvalue weighted by Crippen LogP contribution is 2.20. The molecule has 0 spiro atoms. The Morgan fingerprint density at radius 1 is 1.35 bits per heavy atom. The van der Waals surface area contributed by atoms with Crippen LogP contribution in [0.2, 0.25) is 5.02 Å². The number of thioether (sulfide) groups is 1. The summed E-state index contributed by atoms with van der Waals surface area (Å²) in [6.07, 6.45) is 0.750. The second kappa shape index (κ2) is 8.70. The quantitative estimate of drug-likeness (QED) is 0.600. The summed E-state index contributed by atoms with van der Waals surface area (Å²) in [6, 6.07) is 11.5. The Labute approximate surface area is 165 Å². The van der Waals surface area contributed by atoms with Gasteiger partial charge in [-0.25, -0.2) is 0 Å². The Morgan fingerprint density at radius 3 is 2.92 bits per heavy atom. The van der Waals surface area contributed by atoms with E-state index in [1.165, 1.54) is 16.6 Å². The van der Waals surface area contributed by atoms with E-state index in [-0.39, 0.29) is 17.7 Å². The zero-order chi connectivity index (χ0) is 18.5. The fraction of sp³-hybridized carbons (Fsp3) is 0.278. The smallest absolute Gasteiger partial charge is 0.230 e. The standard InChI is InChI=1S/C18H19ClN4OS2/c1-12(13-5-3-6-14(19)9-13)20-17(24)11-26-18-22-21-16(23(18)2)10-15-7-4-8-25-15/h3-9,12H,10-11H2,1-2H3,(H,20,24)/t12-/m0/s1. The maximum absolute atomic E-state index is 12.2. The van der Waals surface area contributed by atoms with Gasteiger partial charge in [0.1, 0.15) is 5.82 Å². The molecule has 1 N–H and O–H groups in total. The van der Waals surface area contributed by atoms with Crippen molar-refractivity contribution in [3.63, 3.8) is 0 Å². The maximum atomic E-state index is 12.2. The maximum Gasteiger partial charge on any atom is 0.230 e. The second-order valence-electron chi connectivity index (χ2n) is 5.85. The Hall–Kier alpha value is -1.83. The number of hydrogen-bond donors (Lipinski definition) is 1.